The van der Waals surface area contributed by atoms with E-state index < -0.39 is 5.41 Å². The smallest absolute Gasteiger partial charge is 0.178 e. The molecule has 1 heterocycles. The zero-order valence-electron chi connectivity index (χ0n) is 32.1. The molecule has 0 bridgehead atoms. The molecule has 1 aliphatic carbocycles. The molecule has 0 spiro atoms. The second-order valence-electron chi connectivity index (χ2n) is 15.1. The molecule has 1 N–H and O–H groups in total. The maximum absolute atomic E-state index is 9.51. The van der Waals surface area contributed by atoms with Gasteiger partial charge in [-0.1, -0.05) is 200 Å². The van der Waals surface area contributed by atoms with Gasteiger partial charge in [-0.05, 0) is 79.1 Å². The van der Waals surface area contributed by atoms with Crippen molar-refractivity contribution in [3.8, 4) is 45.3 Å². The first-order chi connectivity index (χ1) is 29.2. The van der Waals surface area contributed by atoms with Crippen LogP contribution in [-0.4, -0.2) is 5.71 Å². The fourth-order valence-corrected chi connectivity index (χ4v) is 9.37. The molecular formula is C56H37NO2. The Labute approximate surface area is 343 Å². The molecule has 0 radical (unpaired) electrons. The van der Waals surface area contributed by atoms with E-state index in [0.29, 0.717) is 28.7 Å². The van der Waals surface area contributed by atoms with Gasteiger partial charge in [-0.25, -0.2) is 0 Å². The lowest BCUT2D eigenvalue weighted by atomic mass is 9.68. The number of rotatable bonds is 7. The number of hydrogen-bond donors (Lipinski definition) is 1. The van der Waals surface area contributed by atoms with Gasteiger partial charge in [-0.3, -0.25) is 0 Å². The number of nitrogens with one attached hydrogen (secondary N) is 1. The zero-order valence-corrected chi connectivity index (χ0v) is 32.1. The molecule has 0 unspecified atom stereocenters. The van der Waals surface area contributed by atoms with Gasteiger partial charge in [-0.15, -0.1) is 0 Å². The van der Waals surface area contributed by atoms with Crippen molar-refractivity contribution in [2.45, 2.75) is 5.41 Å². The Hall–Kier alpha value is -7.75. The monoisotopic (exact) mass is 755 g/mol. The summed E-state index contributed by atoms with van der Waals surface area (Å²) in [5.74, 6) is 2.70. The number of allylic oxidation sites excluding steroid dienone is 1. The topological polar surface area (TPSA) is 42.3 Å². The van der Waals surface area contributed by atoms with E-state index >= 15 is 0 Å². The van der Waals surface area contributed by atoms with E-state index in [1.165, 1.54) is 16.7 Å². The maximum Gasteiger partial charge on any atom is 0.178 e. The molecule has 11 rings (SSSR count). The van der Waals surface area contributed by atoms with Crippen LogP contribution in [0.2, 0.25) is 0 Å². The van der Waals surface area contributed by atoms with Gasteiger partial charge in [0.1, 0.15) is 0 Å². The van der Waals surface area contributed by atoms with Crippen molar-refractivity contribution >= 4 is 22.1 Å². The predicted molar refractivity (Wildman–Crippen MR) is 240 cm³/mol. The third-order valence-corrected chi connectivity index (χ3v) is 11.9. The van der Waals surface area contributed by atoms with E-state index in [0.717, 1.165) is 60.9 Å². The van der Waals surface area contributed by atoms with Crippen LogP contribution in [0.1, 0.15) is 38.9 Å². The number of benzene rings is 9. The molecule has 2 aliphatic rings. The van der Waals surface area contributed by atoms with Crippen molar-refractivity contribution in [3.63, 3.8) is 0 Å². The average Bonchev–Trinajstić information content (AvgIpc) is 3.62. The Bertz CT molecular complexity index is 3070. The Morgan fingerprint density at radius 2 is 1.00 bits per heavy atom. The third kappa shape index (κ3) is 5.47. The Kier molecular flexibility index (Phi) is 8.20. The fourth-order valence-electron chi connectivity index (χ4n) is 9.37. The molecule has 0 aromatic heterocycles. The van der Waals surface area contributed by atoms with Crippen molar-refractivity contribution in [1.29, 1.82) is 5.41 Å². The summed E-state index contributed by atoms with van der Waals surface area (Å²) in [6.45, 7) is 0. The van der Waals surface area contributed by atoms with Gasteiger partial charge in [0.15, 0.2) is 23.0 Å². The van der Waals surface area contributed by atoms with Gasteiger partial charge in [0.2, 0.25) is 0 Å². The largest absolute Gasteiger partial charge is 0.449 e. The van der Waals surface area contributed by atoms with Crippen molar-refractivity contribution in [3.05, 3.63) is 257 Å². The molecule has 278 valence electrons. The first kappa shape index (κ1) is 34.5. The maximum atomic E-state index is 9.51. The van der Waals surface area contributed by atoms with Crippen LogP contribution in [0.15, 0.2) is 218 Å². The standard InChI is InChI=1S/C56H37NO2/c57-50(44-30-16-21-37-20-10-11-26-41(37)44)36-47(38-18-4-1-5-19-38)43-28-13-12-27-42(43)45-31-17-33-51-54(45)59-55-52(58-51)35-34-49-53(55)46-29-14-15-32-48(46)56(49,39-22-6-2-7-23-39)40-24-8-3-9-25-40/h1-36,57H/b47-36-,57-50?. The Morgan fingerprint density at radius 1 is 0.424 bits per heavy atom. The summed E-state index contributed by atoms with van der Waals surface area (Å²) in [6, 6.07) is 73.9. The van der Waals surface area contributed by atoms with Crippen LogP contribution in [0.3, 0.4) is 0 Å². The van der Waals surface area contributed by atoms with E-state index in [-0.39, 0.29) is 0 Å². The molecule has 9 aromatic rings. The molecular weight excluding hydrogens is 719 g/mol. The van der Waals surface area contributed by atoms with Gasteiger partial charge in [0.05, 0.1) is 11.1 Å². The van der Waals surface area contributed by atoms with Crippen molar-refractivity contribution < 1.29 is 9.47 Å². The quantitative estimate of drug-likeness (QED) is 0.165. The molecule has 59 heavy (non-hydrogen) atoms. The van der Waals surface area contributed by atoms with Crippen LogP contribution in [0, 0.1) is 5.41 Å². The number of hydrogen-bond acceptors (Lipinski definition) is 3. The lowest BCUT2D eigenvalue weighted by molar-refractivity contribution is 0.361. The van der Waals surface area contributed by atoms with Gasteiger partial charge in [0.25, 0.3) is 0 Å². The normalized spacial score (nSPS) is 13.3. The number of para-hydroxylation sites is 1. The van der Waals surface area contributed by atoms with E-state index in [9.17, 15) is 5.41 Å². The van der Waals surface area contributed by atoms with Crippen LogP contribution >= 0.6 is 0 Å². The van der Waals surface area contributed by atoms with E-state index in [1.807, 2.05) is 48.5 Å². The molecule has 3 nitrogen and oxygen atoms in total. The van der Waals surface area contributed by atoms with Crippen LogP contribution in [0.5, 0.6) is 23.0 Å². The average molecular weight is 756 g/mol. The SMILES string of the molecule is N=C(/C=C(/c1ccccc1)c1ccccc1-c1cccc2c1Oc1c(ccc3c1-c1ccccc1C3(c1ccccc1)c1ccccc1)O2)c1cccc2ccccc12. The summed E-state index contributed by atoms with van der Waals surface area (Å²) in [7, 11) is 0. The highest BCUT2D eigenvalue weighted by molar-refractivity contribution is 6.18. The lowest BCUT2D eigenvalue weighted by Gasteiger charge is -2.34. The second kappa shape index (κ2) is 14.0. The highest BCUT2D eigenvalue weighted by Gasteiger charge is 2.48. The van der Waals surface area contributed by atoms with E-state index in [4.69, 9.17) is 9.47 Å². The fraction of sp³-hybridized carbons (Fsp3) is 0.0179. The van der Waals surface area contributed by atoms with Crippen molar-refractivity contribution in [1.82, 2.24) is 0 Å². The zero-order chi connectivity index (χ0) is 39.3. The van der Waals surface area contributed by atoms with Crippen LogP contribution < -0.4 is 9.47 Å². The molecule has 3 heteroatoms. The first-order valence-electron chi connectivity index (χ1n) is 20.0. The summed E-state index contributed by atoms with van der Waals surface area (Å²) >= 11 is 0. The molecule has 0 amide bonds. The summed E-state index contributed by atoms with van der Waals surface area (Å²) < 4.78 is 14.1. The van der Waals surface area contributed by atoms with Crippen LogP contribution in [0.4, 0.5) is 0 Å². The number of fused-ring (bicyclic) bond motifs is 7. The minimum atomic E-state index is -0.566. The molecule has 0 saturated carbocycles. The van der Waals surface area contributed by atoms with Gasteiger partial charge < -0.3 is 14.9 Å². The van der Waals surface area contributed by atoms with E-state index in [1.54, 1.807) is 0 Å². The summed E-state index contributed by atoms with van der Waals surface area (Å²) in [6.07, 6.45) is 2.01. The summed E-state index contributed by atoms with van der Waals surface area (Å²) in [4.78, 5) is 0. The van der Waals surface area contributed by atoms with E-state index in [2.05, 4.69) is 170 Å². The molecule has 9 aromatic carbocycles. The van der Waals surface area contributed by atoms with Crippen LogP contribution in [0.25, 0.3) is 38.6 Å². The van der Waals surface area contributed by atoms with Crippen LogP contribution in [-0.2, 0) is 5.41 Å². The first-order valence-corrected chi connectivity index (χ1v) is 20.0. The molecule has 0 saturated heterocycles. The highest BCUT2D eigenvalue weighted by Crippen LogP contribution is 2.63. The molecule has 0 atom stereocenters. The van der Waals surface area contributed by atoms with Crippen molar-refractivity contribution in [2.75, 3.05) is 0 Å². The molecule has 1 aliphatic heterocycles. The number of ether oxygens (including phenoxy) is 2. The summed E-state index contributed by atoms with van der Waals surface area (Å²) in [5, 5.41) is 11.7. The minimum absolute atomic E-state index is 0.439. The predicted octanol–water partition coefficient (Wildman–Crippen LogP) is 14.3. The van der Waals surface area contributed by atoms with Gasteiger partial charge >= 0.3 is 0 Å². The van der Waals surface area contributed by atoms with Gasteiger partial charge in [-0.2, -0.15) is 0 Å². The summed E-state index contributed by atoms with van der Waals surface area (Å²) in [5.41, 5.74) is 12.5. The Morgan fingerprint density at radius 3 is 1.78 bits per heavy atom. The van der Waals surface area contributed by atoms with Crippen molar-refractivity contribution in [2.24, 2.45) is 0 Å². The molecule has 0 fully saturated rings. The minimum Gasteiger partial charge on any atom is -0.449 e. The lowest BCUT2D eigenvalue weighted by Crippen LogP contribution is -2.28. The third-order valence-electron chi connectivity index (χ3n) is 11.9. The highest BCUT2D eigenvalue weighted by atomic mass is 16.6. The second-order valence-corrected chi connectivity index (χ2v) is 15.1. The Balaban J connectivity index is 1.09. The van der Waals surface area contributed by atoms with Gasteiger partial charge in [0, 0.05) is 16.7 Å².